The molecule has 2 aromatic rings. The number of nitrogens with zero attached hydrogens (tertiary/aromatic N) is 2. The Labute approximate surface area is 128 Å². The highest BCUT2D eigenvalue weighted by atomic mass is 32.2. The molecule has 0 aliphatic heterocycles. The fraction of sp³-hybridized carbons (Fsp3) is 0.429. The lowest BCUT2D eigenvalue weighted by Gasteiger charge is -2.11. The zero-order valence-electron chi connectivity index (χ0n) is 11.8. The van der Waals surface area contributed by atoms with Crippen LogP contribution in [0.1, 0.15) is 0 Å². The second-order valence-corrected chi connectivity index (χ2v) is 6.22. The summed E-state index contributed by atoms with van der Waals surface area (Å²) in [5.41, 5.74) is 0.973. The number of benzene rings is 1. The largest absolute Gasteiger partial charge is 0.369 e. The monoisotopic (exact) mass is 308 g/mol. The Hall–Kier alpha value is -1.14. The summed E-state index contributed by atoms with van der Waals surface area (Å²) in [6.07, 6.45) is 4.20. The SMILES string of the molecule is CSCCNc1nc(NCCSC)c2ccccc2n1. The number of aromatic nitrogens is 2. The molecule has 20 heavy (non-hydrogen) atoms. The molecule has 0 radical (unpaired) electrons. The smallest absolute Gasteiger partial charge is 0.225 e. The predicted molar refractivity (Wildman–Crippen MR) is 93.3 cm³/mol. The zero-order chi connectivity index (χ0) is 14.2. The van der Waals surface area contributed by atoms with Crippen LogP contribution in [0, 0.1) is 0 Å². The van der Waals surface area contributed by atoms with Crippen molar-refractivity contribution in [3.8, 4) is 0 Å². The molecule has 6 heteroatoms. The van der Waals surface area contributed by atoms with Gasteiger partial charge in [-0.25, -0.2) is 4.98 Å². The van der Waals surface area contributed by atoms with Crippen molar-refractivity contribution in [1.29, 1.82) is 0 Å². The maximum atomic E-state index is 4.59. The molecule has 1 heterocycles. The highest BCUT2D eigenvalue weighted by molar-refractivity contribution is 7.98. The molecular formula is C14H20N4S2. The van der Waals surface area contributed by atoms with Crippen LogP contribution in [0.3, 0.4) is 0 Å². The van der Waals surface area contributed by atoms with Gasteiger partial charge < -0.3 is 10.6 Å². The van der Waals surface area contributed by atoms with Crippen LogP contribution in [0.5, 0.6) is 0 Å². The summed E-state index contributed by atoms with van der Waals surface area (Å²) >= 11 is 3.63. The number of nitrogens with one attached hydrogen (secondary N) is 2. The third-order valence-corrected chi connectivity index (χ3v) is 4.02. The Balaban J connectivity index is 2.21. The molecule has 0 aliphatic rings. The number of thioether (sulfide) groups is 2. The van der Waals surface area contributed by atoms with E-state index in [-0.39, 0.29) is 0 Å². The van der Waals surface area contributed by atoms with Crippen molar-refractivity contribution in [3.63, 3.8) is 0 Å². The van der Waals surface area contributed by atoms with E-state index in [0.29, 0.717) is 5.95 Å². The highest BCUT2D eigenvalue weighted by Gasteiger charge is 2.06. The Kier molecular flexibility index (Phi) is 6.26. The number of hydrogen-bond donors (Lipinski definition) is 2. The Bertz CT molecular complexity index is 548. The van der Waals surface area contributed by atoms with Gasteiger partial charge in [-0.1, -0.05) is 12.1 Å². The zero-order valence-corrected chi connectivity index (χ0v) is 13.5. The lowest BCUT2D eigenvalue weighted by atomic mass is 10.2. The Morgan fingerprint density at radius 3 is 2.40 bits per heavy atom. The topological polar surface area (TPSA) is 49.8 Å². The Morgan fingerprint density at radius 1 is 0.950 bits per heavy atom. The van der Waals surface area contributed by atoms with Crippen LogP contribution >= 0.6 is 23.5 Å². The first-order chi connectivity index (χ1) is 9.85. The van der Waals surface area contributed by atoms with Crippen molar-refractivity contribution >= 4 is 46.2 Å². The van der Waals surface area contributed by atoms with E-state index < -0.39 is 0 Å². The van der Waals surface area contributed by atoms with Crippen LogP contribution in [0.2, 0.25) is 0 Å². The van der Waals surface area contributed by atoms with Gasteiger partial charge in [0.1, 0.15) is 5.82 Å². The van der Waals surface area contributed by atoms with Crippen molar-refractivity contribution < 1.29 is 0 Å². The average molecular weight is 308 g/mol. The molecule has 2 rings (SSSR count). The van der Waals surface area contributed by atoms with Crippen LogP contribution in [0.15, 0.2) is 24.3 Å². The summed E-state index contributed by atoms with van der Waals surface area (Å²) in [4.78, 5) is 9.15. The van der Waals surface area contributed by atoms with Crippen LogP contribution in [0.25, 0.3) is 10.9 Å². The highest BCUT2D eigenvalue weighted by Crippen LogP contribution is 2.21. The molecule has 1 aromatic heterocycles. The second kappa shape index (κ2) is 8.21. The third-order valence-electron chi connectivity index (χ3n) is 2.79. The summed E-state index contributed by atoms with van der Waals surface area (Å²) < 4.78 is 0. The normalized spacial score (nSPS) is 10.7. The van der Waals surface area contributed by atoms with Crippen molar-refractivity contribution in [2.24, 2.45) is 0 Å². The van der Waals surface area contributed by atoms with Crippen LogP contribution in [-0.2, 0) is 0 Å². The first kappa shape index (κ1) is 15.3. The Morgan fingerprint density at radius 2 is 1.65 bits per heavy atom. The van der Waals surface area contributed by atoms with Gasteiger partial charge >= 0.3 is 0 Å². The van der Waals surface area contributed by atoms with Gasteiger partial charge in [0.15, 0.2) is 0 Å². The minimum atomic E-state index is 0.699. The van der Waals surface area contributed by atoms with E-state index in [1.54, 1.807) is 0 Å². The second-order valence-electron chi connectivity index (χ2n) is 4.25. The van der Waals surface area contributed by atoms with Crippen LogP contribution in [-0.4, -0.2) is 47.1 Å². The van der Waals surface area contributed by atoms with E-state index >= 15 is 0 Å². The molecule has 2 N–H and O–H groups in total. The molecule has 0 atom stereocenters. The predicted octanol–water partition coefficient (Wildman–Crippen LogP) is 3.18. The van der Waals surface area contributed by atoms with Gasteiger partial charge in [0.25, 0.3) is 0 Å². The summed E-state index contributed by atoms with van der Waals surface area (Å²) in [6, 6.07) is 8.11. The van der Waals surface area contributed by atoms with Gasteiger partial charge in [0.05, 0.1) is 5.52 Å². The van der Waals surface area contributed by atoms with E-state index in [2.05, 4.69) is 39.2 Å². The number of rotatable bonds is 8. The summed E-state index contributed by atoms with van der Waals surface area (Å²) in [6.45, 7) is 1.79. The van der Waals surface area contributed by atoms with Crippen molar-refractivity contribution in [2.75, 3.05) is 47.7 Å². The molecule has 0 aliphatic carbocycles. The number of anilines is 2. The van der Waals surface area contributed by atoms with Gasteiger partial charge in [-0.3, -0.25) is 0 Å². The van der Waals surface area contributed by atoms with E-state index in [9.17, 15) is 0 Å². The molecule has 108 valence electrons. The van der Waals surface area contributed by atoms with Crippen molar-refractivity contribution in [2.45, 2.75) is 0 Å². The van der Waals surface area contributed by atoms with Gasteiger partial charge in [-0.15, -0.1) is 0 Å². The first-order valence-electron chi connectivity index (χ1n) is 6.57. The van der Waals surface area contributed by atoms with Gasteiger partial charge in [0, 0.05) is 30.0 Å². The standard InChI is InChI=1S/C14H20N4S2/c1-19-9-7-15-13-11-5-3-4-6-12(11)17-14(18-13)16-8-10-20-2/h3-6H,7-10H2,1-2H3,(H2,15,16,17,18). The molecule has 0 fully saturated rings. The molecule has 0 spiro atoms. The van der Waals surface area contributed by atoms with E-state index in [1.807, 2.05) is 41.7 Å². The van der Waals surface area contributed by atoms with Crippen molar-refractivity contribution in [3.05, 3.63) is 24.3 Å². The number of fused-ring (bicyclic) bond motifs is 1. The van der Waals surface area contributed by atoms with Crippen LogP contribution < -0.4 is 10.6 Å². The first-order valence-corrected chi connectivity index (χ1v) is 9.36. The number of para-hydroxylation sites is 1. The quantitative estimate of drug-likeness (QED) is 0.731. The maximum absolute atomic E-state index is 4.59. The van der Waals surface area contributed by atoms with Crippen molar-refractivity contribution in [1.82, 2.24) is 9.97 Å². The third kappa shape index (κ3) is 4.18. The minimum Gasteiger partial charge on any atom is -0.369 e. The molecular weight excluding hydrogens is 288 g/mol. The average Bonchev–Trinajstić information content (AvgIpc) is 2.48. The molecule has 0 bridgehead atoms. The fourth-order valence-corrected chi connectivity index (χ4v) is 2.44. The summed E-state index contributed by atoms with van der Waals surface area (Å²) in [5, 5.41) is 7.76. The summed E-state index contributed by atoms with van der Waals surface area (Å²) in [7, 11) is 0. The maximum Gasteiger partial charge on any atom is 0.225 e. The van der Waals surface area contributed by atoms with E-state index in [0.717, 1.165) is 41.3 Å². The van der Waals surface area contributed by atoms with Gasteiger partial charge in [0.2, 0.25) is 5.95 Å². The molecule has 0 amide bonds. The molecule has 0 saturated carbocycles. The van der Waals surface area contributed by atoms with Gasteiger partial charge in [-0.05, 0) is 24.6 Å². The molecule has 1 aromatic carbocycles. The minimum absolute atomic E-state index is 0.699. The molecule has 0 saturated heterocycles. The summed E-state index contributed by atoms with van der Waals surface area (Å²) in [5.74, 6) is 3.72. The fourth-order valence-electron chi connectivity index (χ4n) is 1.83. The lowest BCUT2D eigenvalue weighted by molar-refractivity contribution is 1.10. The lowest BCUT2D eigenvalue weighted by Crippen LogP contribution is -2.11. The number of hydrogen-bond acceptors (Lipinski definition) is 6. The molecule has 4 nitrogen and oxygen atoms in total. The van der Waals surface area contributed by atoms with E-state index in [4.69, 9.17) is 0 Å². The van der Waals surface area contributed by atoms with E-state index in [1.165, 1.54) is 0 Å². The molecule has 0 unspecified atom stereocenters. The van der Waals surface area contributed by atoms with Crippen LogP contribution in [0.4, 0.5) is 11.8 Å². The van der Waals surface area contributed by atoms with Gasteiger partial charge in [-0.2, -0.15) is 28.5 Å².